The molecule has 2 aromatic rings. The summed E-state index contributed by atoms with van der Waals surface area (Å²) < 4.78 is 6.24. The predicted octanol–water partition coefficient (Wildman–Crippen LogP) is 1.75. The molecule has 1 unspecified atom stereocenters. The van der Waals surface area contributed by atoms with E-state index in [1.165, 1.54) is 0 Å². The summed E-state index contributed by atoms with van der Waals surface area (Å²) in [5.41, 5.74) is -0.160. The van der Waals surface area contributed by atoms with Crippen LogP contribution in [-0.4, -0.2) is 53.3 Å². The molecule has 1 spiro atoms. The number of rotatable bonds is 2. The van der Waals surface area contributed by atoms with Crippen LogP contribution >= 0.6 is 0 Å². The van der Waals surface area contributed by atoms with Gasteiger partial charge in [0.05, 0.1) is 19.7 Å². The fourth-order valence-electron chi connectivity index (χ4n) is 3.55. The molecular formula is C17H21N5O. The van der Waals surface area contributed by atoms with Crippen molar-refractivity contribution in [1.29, 1.82) is 0 Å². The maximum Gasteiger partial charge on any atom is 0.225 e. The summed E-state index contributed by atoms with van der Waals surface area (Å²) in [6, 6.07) is 7.91. The second kappa shape index (κ2) is 6.12. The molecule has 23 heavy (non-hydrogen) atoms. The van der Waals surface area contributed by atoms with Crippen molar-refractivity contribution in [3.8, 4) is 0 Å². The van der Waals surface area contributed by atoms with E-state index < -0.39 is 0 Å². The summed E-state index contributed by atoms with van der Waals surface area (Å²) in [6.07, 6.45) is 7.60. The Morgan fingerprint density at radius 3 is 2.57 bits per heavy atom. The van der Waals surface area contributed by atoms with Crippen molar-refractivity contribution in [2.24, 2.45) is 0 Å². The van der Waals surface area contributed by atoms with Gasteiger partial charge in [-0.05, 0) is 31.0 Å². The van der Waals surface area contributed by atoms with Gasteiger partial charge < -0.3 is 14.5 Å². The van der Waals surface area contributed by atoms with Crippen LogP contribution in [0.5, 0.6) is 0 Å². The van der Waals surface area contributed by atoms with E-state index in [2.05, 4.69) is 30.8 Å². The number of aromatic nitrogens is 3. The summed E-state index contributed by atoms with van der Waals surface area (Å²) in [6.45, 7) is 4.31. The highest BCUT2D eigenvalue weighted by Crippen LogP contribution is 2.31. The van der Waals surface area contributed by atoms with E-state index >= 15 is 0 Å². The Labute approximate surface area is 136 Å². The maximum absolute atomic E-state index is 6.24. The van der Waals surface area contributed by atoms with Gasteiger partial charge in [0.15, 0.2) is 0 Å². The van der Waals surface area contributed by atoms with Crippen molar-refractivity contribution in [3.63, 3.8) is 0 Å². The highest BCUT2D eigenvalue weighted by Gasteiger charge is 2.41. The Bertz CT molecular complexity index is 578. The molecule has 0 saturated carbocycles. The zero-order valence-electron chi connectivity index (χ0n) is 13.1. The van der Waals surface area contributed by atoms with Crippen LogP contribution in [0, 0.1) is 0 Å². The molecule has 6 heteroatoms. The SMILES string of the molecule is c1ccc(N2CCOC3(CCCN(c4ncccn4)C3)C2)nc1. The summed E-state index contributed by atoms with van der Waals surface area (Å²) in [4.78, 5) is 17.8. The van der Waals surface area contributed by atoms with E-state index in [1.54, 1.807) is 12.4 Å². The van der Waals surface area contributed by atoms with Crippen LogP contribution in [0.3, 0.4) is 0 Å². The number of hydrogen-bond donors (Lipinski definition) is 0. The monoisotopic (exact) mass is 311 g/mol. The predicted molar refractivity (Wildman–Crippen MR) is 88.6 cm³/mol. The smallest absolute Gasteiger partial charge is 0.225 e. The van der Waals surface area contributed by atoms with Crippen molar-refractivity contribution in [2.75, 3.05) is 42.6 Å². The lowest BCUT2D eigenvalue weighted by molar-refractivity contribution is -0.0633. The molecule has 2 fully saturated rings. The lowest BCUT2D eigenvalue weighted by Crippen LogP contribution is -2.60. The summed E-state index contributed by atoms with van der Waals surface area (Å²) >= 11 is 0. The quantitative estimate of drug-likeness (QED) is 0.842. The molecule has 0 aliphatic carbocycles. The molecule has 2 aliphatic heterocycles. The number of hydrogen-bond acceptors (Lipinski definition) is 6. The second-order valence-electron chi connectivity index (χ2n) is 6.21. The van der Waals surface area contributed by atoms with Crippen LogP contribution in [0.25, 0.3) is 0 Å². The molecule has 0 bridgehead atoms. The summed E-state index contributed by atoms with van der Waals surface area (Å²) in [5.74, 6) is 1.83. The minimum absolute atomic E-state index is 0.160. The third-order valence-electron chi connectivity index (χ3n) is 4.60. The summed E-state index contributed by atoms with van der Waals surface area (Å²) in [7, 11) is 0. The first-order valence-corrected chi connectivity index (χ1v) is 8.17. The first kappa shape index (κ1) is 14.4. The maximum atomic E-state index is 6.24. The van der Waals surface area contributed by atoms with Gasteiger partial charge in [-0.25, -0.2) is 15.0 Å². The number of piperidine rings is 1. The van der Waals surface area contributed by atoms with Crippen LogP contribution in [0.15, 0.2) is 42.9 Å². The van der Waals surface area contributed by atoms with Crippen LogP contribution in [0.2, 0.25) is 0 Å². The van der Waals surface area contributed by atoms with Gasteiger partial charge in [-0.3, -0.25) is 0 Å². The molecule has 0 N–H and O–H groups in total. The Morgan fingerprint density at radius 1 is 0.913 bits per heavy atom. The first-order chi connectivity index (χ1) is 11.3. The fourth-order valence-corrected chi connectivity index (χ4v) is 3.55. The molecule has 1 atom stereocenters. The molecule has 2 saturated heterocycles. The molecule has 4 rings (SSSR count). The van der Waals surface area contributed by atoms with E-state index in [4.69, 9.17) is 4.74 Å². The Kier molecular flexibility index (Phi) is 3.83. The molecule has 0 aromatic carbocycles. The van der Waals surface area contributed by atoms with Crippen LogP contribution in [-0.2, 0) is 4.74 Å². The van der Waals surface area contributed by atoms with Gasteiger partial charge in [-0.1, -0.05) is 6.07 Å². The van der Waals surface area contributed by atoms with Gasteiger partial charge in [0.2, 0.25) is 5.95 Å². The van der Waals surface area contributed by atoms with Crippen molar-refractivity contribution in [2.45, 2.75) is 18.4 Å². The standard InChI is InChI=1S/C17H21N5O/c1-2-7-18-15(5-1)21-11-12-23-17(13-21)6-3-10-22(14-17)16-19-8-4-9-20-16/h1-2,4-5,7-9H,3,6,10-14H2. The van der Waals surface area contributed by atoms with Gasteiger partial charge in [0.1, 0.15) is 11.4 Å². The topological polar surface area (TPSA) is 54.4 Å². The van der Waals surface area contributed by atoms with Gasteiger partial charge in [0.25, 0.3) is 0 Å². The summed E-state index contributed by atoms with van der Waals surface area (Å²) in [5, 5.41) is 0. The van der Waals surface area contributed by atoms with Crippen LogP contribution < -0.4 is 9.80 Å². The Hall–Kier alpha value is -2.21. The van der Waals surface area contributed by atoms with E-state index in [0.717, 1.165) is 57.4 Å². The van der Waals surface area contributed by atoms with Crippen LogP contribution in [0.4, 0.5) is 11.8 Å². The third-order valence-corrected chi connectivity index (χ3v) is 4.60. The van der Waals surface area contributed by atoms with Crippen LogP contribution in [0.1, 0.15) is 12.8 Å². The molecule has 2 aliphatic rings. The lowest BCUT2D eigenvalue weighted by Gasteiger charge is -2.48. The molecule has 4 heterocycles. The normalized spacial score (nSPS) is 24.9. The minimum Gasteiger partial charge on any atom is -0.369 e. The van der Waals surface area contributed by atoms with Gasteiger partial charge >= 0.3 is 0 Å². The van der Waals surface area contributed by atoms with Crippen molar-refractivity contribution in [1.82, 2.24) is 15.0 Å². The molecule has 0 amide bonds. The zero-order chi connectivity index (χ0) is 15.5. The van der Waals surface area contributed by atoms with Gasteiger partial charge in [0, 0.05) is 31.7 Å². The highest BCUT2D eigenvalue weighted by molar-refractivity contribution is 5.40. The van der Waals surface area contributed by atoms with Crippen molar-refractivity contribution in [3.05, 3.63) is 42.9 Å². The highest BCUT2D eigenvalue weighted by atomic mass is 16.5. The average Bonchev–Trinajstić information content (AvgIpc) is 2.63. The number of nitrogens with zero attached hydrogens (tertiary/aromatic N) is 5. The third kappa shape index (κ3) is 2.99. The number of anilines is 2. The molecule has 120 valence electrons. The van der Waals surface area contributed by atoms with Gasteiger partial charge in [-0.15, -0.1) is 0 Å². The zero-order valence-corrected chi connectivity index (χ0v) is 13.1. The largest absolute Gasteiger partial charge is 0.369 e. The second-order valence-corrected chi connectivity index (χ2v) is 6.21. The van der Waals surface area contributed by atoms with E-state index in [0.29, 0.717) is 0 Å². The Morgan fingerprint density at radius 2 is 1.74 bits per heavy atom. The van der Waals surface area contributed by atoms with E-state index in [-0.39, 0.29) is 5.60 Å². The van der Waals surface area contributed by atoms with Crippen molar-refractivity contribution >= 4 is 11.8 Å². The fraction of sp³-hybridized carbons (Fsp3) is 0.471. The molecule has 0 radical (unpaired) electrons. The molecular weight excluding hydrogens is 290 g/mol. The number of morpholine rings is 1. The lowest BCUT2D eigenvalue weighted by atomic mass is 9.91. The minimum atomic E-state index is -0.160. The molecule has 6 nitrogen and oxygen atoms in total. The average molecular weight is 311 g/mol. The van der Waals surface area contributed by atoms with E-state index in [1.807, 2.05) is 24.4 Å². The number of ether oxygens (including phenoxy) is 1. The first-order valence-electron chi connectivity index (χ1n) is 8.17. The number of pyridine rings is 1. The van der Waals surface area contributed by atoms with E-state index in [9.17, 15) is 0 Å². The van der Waals surface area contributed by atoms with Crippen molar-refractivity contribution < 1.29 is 4.74 Å². The Balaban J connectivity index is 1.53. The molecule has 2 aromatic heterocycles. The van der Waals surface area contributed by atoms with Gasteiger partial charge in [-0.2, -0.15) is 0 Å².